The van der Waals surface area contributed by atoms with Crippen molar-refractivity contribution in [3.63, 3.8) is 0 Å². The first-order valence-electron chi connectivity index (χ1n) is 15.5. The van der Waals surface area contributed by atoms with E-state index in [4.69, 9.17) is 0 Å². The zero-order chi connectivity index (χ0) is 30.2. The minimum absolute atomic E-state index is 0.0653. The number of aliphatic hydroxyl groups is 1. The number of benzene rings is 2. The Morgan fingerprint density at radius 1 is 1.00 bits per heavy atom. The molecule has 2 aromatic rings. The standard InChI is InChI=1S/C34H46N4O4/c1-21(2)18-28-31(40)35-29(25-19-23-8-6-7-9-24(23)20-25)33(42)38(28)30(32(41)36-34(3,4)5)22-10-12-26(13-11-22)37-16-14-27(39)15-17-37/h6-13,21,25,27-30,39H,14-20H2,1-5H3,(H,35,40)(H,36,41)/t28-,29-,30?/m1/s1. The summed E-state index contributed by atoms with van der Waals surface area (Å²) in [5.41, 5.74) is 3.60. The van der Waals surface area contributed by atoms with Crippen LogP contribution in [0.25, 0.3) is 0 Å². The summed E-state index contributed by atoms with van der Waals surface area (Å²) in [5, 5.41) is 16.1. The van der Waals surface area contributed by atoms with E-state index in [1.807, 2.05) is 71.0 Å². The van der Waals surface area contributed by atoms with Crippen molar-refractivity contribution in [2.24, 2.45) is 11.8 Å². The summed E-state index contributed by atoms with van der Waals surface area (Å²) in [6.45, 7) is 11.4. The van der Waals surface area contributed by atoms with Crippen molar-refractivity contribution >= 4 is 23.4 Å². The van der Waals surface area contributed by atoms with Gasteiger partial charge in [-0.2, -0.15) is 0 Å². The molecule has 2 aromatic carbocycles. The Labute approximate surface area is 249 Å². The van der Waals surface area contributed by atoms with Gasteiger partial charge in [0.2, 0.25) is 17.7 Å². The number of rotatable bonds is 7. The van der Waals surface area contributed by atoms with Crippen LogP contribution >= 0.6 is 0 Å². The molecule has 2 fully saturated rings. The maximum Gasteiger partial charge on any atom is 0.247 e. The minimum Gasteiger partial charge on any atom is -0.393 e. The first-order chi connectivity index (χ1) is 19.9. The fraction of sp³-hybridized carbons (Fsp3) is 0.559. The van der Waals surface area contributed by atoms with Gasteiger partial charge in [0.25, 0.3) is 0 Å². The van der Waals surface area contributed by atoms with Crippen molar-refractivity contribution in [1.82, 2.24) is 15.5 Å². The number of carbonyl (C=O) groups excluding carboxylic acids is 3. The van der Waals surface area contributed by atoms with Crippen molar-refractivity contribution < 1.29 is 19.5 Å². The molecule has 2 heterocycles. The molecular formula is C34H46N4O4. The van der Waals surface area contributed by atoms with Gasteiger partial charge in [-0.3, -0.25) is 14.4 Å². The maximum atomic E-state index is 14.5. The molecule has 42 heavy (non-hydrogen) atoms. The van der Waals surface area contributed by atoms with E-state index in [-0.39, 0.29) is 35.7 Å². The summed E-state index contributed by atoms with van der Waals surface area (Å²) in [7, 11) is 0. The number of nitrogens with zero attached hydrogens (tertiary/aromatic N) is 2. The molecule has 5 rings (SSSR count). The van der Waals surface area contributed by atoms with Gasteiger partial charge in [-0.1, -0.05) is 50.2 Å². The zero-order valence-electron chi connectivity index (χ0n) is 25.6. The number of anilines is 1. The molecule has 3 aliphatic rings. The lowest BCUT2D eigenvalue weighted by Gasteiger charge is -2.45. The van der Waals surface area contributed by atoms with Crippen molar-refractivity contribution in [2.75, 3.05) is 18.0 Å². The molecule has 1 unspecified atom stereocenters. The Bertz CT molecular complexity index is 1270. The minimum atomic E-state index is -0.949. The van der Waals surface area contributed by atoms with Crippen LogP contribution in [0.5, 0.6) is 0 Å². The summed E-state index contributed by atoms with van der Waals surface area (Å²) < 4.78 is 0. The molecule has 3 N–H and O–H groups in total. The molecule has 8 heteroatoms. The van der Waals surface area contributed by atoms with Crippen LogP contribution in [0.3, 0.4) is 0 Å². The molecule has 0 aromatic heterocycles. The fourth-order valence-electron chi connectivity index (χ4n) is 6.74. The number of hydrogen-bond acceptors (Lipinski definition) is 5. The predicted molar refractivity (Wildman–Crippen MR) is 164 cm³/mol. The topological polar surface area (TPSA) is 102 Å². The highest BCUT2D eigenvalue weighted by Gasteiger charge is 2.49. The number of nitrogens with one attached hydrogen (secondary N) is 2. The largest absolute Gasteiger partial charge is 0.393 e. The molecule has 0 radical (unpaired) electrons. The molecule has 2 saturated heterocycles. The summed E-state index contributed by atoms with van der Waals surface area (Å²) in [5.74, 6) is -0.597. The van der Waals surface area contributed by atoms with Crippen molar-refractivity contribution in [3.05, 3.63) is 65.2 Å². The SMILES string of the molecule is CC(C)C[C@@H]1C(=O)N[C@H](C2Cc3ccccc3C2)C(=O)N1C(C(=O)NC(C)(C)C)c1ccc(N2CCC(O)CC2)cc1. The molecule has 2 aliphatic heterocycles. The second kappa shape index (κ2) is 12.1. The number of piperidine rings is 1. The lowest BCUT2D eigenvalue weighted by molar-refractivity contribution is -0.158. The lowest BCUT2D eigenvalue weighted by Crippen LogP contribution is -2.67. The van der Waals surface area contributed by atoms with E-state index in [9.17, 15) is 19.5 Å². The number of piperazine rings is 1. The predicted octanol–water partition coefficient (Wildman–Crippen LogP) is 3.76. The van der Waals surface area contributed by atoms with Gasteiger partial charge >= 0.3 is 0 Å². The molecular weight excluding hydrogens is 528 g/mol. The summed E-state index contributed by atoms with van der Waals surface area (Å²) >= 11 is 0. The van der Waals surface area contributed by atoms with Gasteiger partial charge < -0.3 is 25.5 Å². The van der Waals surface area contributed by atoms with Crippen LogP contribution in [0, 0.1) is 11.8 Å². The second-order valence-electron chi connectivity index (χ2n) is 13.8. The molecule has 8 nitrogen and oxygen atoms in total. The Kier molecular flexibility index (Phi) is 8.65. The average Bonchev–Trinajstić information content (AvgIpc) is 3.36. The van der Waals surface area contributed by atoms with Crippen LogP contribution < -0.4 is 15.5 Å². The van der Waals surface area contributed by atoms with Crippen LogP contribution in [0.4, 0.5) is 5.69 Å². The van der Waals surface area contributed by atoms with Crippen LogP contribution in [0.15, 0.2) is 48.5 Å². The van der Waals surface area contributed by atoms with Crippen LogP contribution in [-0.2, 0) is 27.2 Å². The summed E-state index contributed by atoms with van der Waals surface area (Å²) in [6.07, 6.45) is 3.07. The van der Waals surface area contributed by atoms with E-state index in [1.165, 1.54) is 11.1 Å². The quantitative estimate of drug-likeness (QED) is 0.468. The second-order valence-corrected chi connectivity index (χ2v) is 13.8. The molecule has 0 spiro atoms. The van der Waals surface area contributed by atoms with Crippen LogP contribution in [0.2, 0.25) is 0 Å². The first-order valence-corrected chi connectivity index (χ1v) is 15.5. The monoisotopic (exact) mass is 574 g/mol. The zero-order valence-corrected chi connectivity index (χ0v) is 25.6. The number of fused-ring (bicyclic) bond motifs is 1. The molecule has 226 valence electrons. The molecule has 0 bridgehead atoms. The molecule has 3 amide bonds. The summed E-state index contributed by atoms with van der Waals surface area (Å²) in [6, 6.07) is 13.6. The smallest absolute Gasteiger partial charge is 0.247 e. The highest BCUT2D eigenvalue weighted by Crippen LogP contribution is 2.36. The number of amides is 3. The Morgan fingerprint density at radius 3 is 2.14 bits per heavy atom. The van der Waals surface area contributed by atoms with Gasteiger partial charge in [0.15, 0.2) is 0 Å². The number of hydrogen-bond donors (Lipinski definition) is 3. The van der Waals surface area contributed by atoms with Gasteiger partial charge in [-0.25, -0.2) is 0 Å². The molecule has 0 saturated carbocycles. The molecule has 3 atom stereocenters. The Morgan fingerprint density at radius 2 is 1.60 bits per heavy atom. The van der Waals surface area contributed by atoms with Gasteiger partial charge in [0, 0.05) is 24.3 Å². The van der Waals surface area contributed by atoms with Gasteiger partial charge in [-0.05, 0) is 93.5 Å². The van der Waals surface area contributed by atoms with E-state index in [0.29, 0.717) is 24.8 Å². The third-order valence-corrected chi connectivity index (χ3v) is 8.77. The number of carbonyl (C=O) groups is 3. The Balaban J connectivity index is 1.51. The van der Waals surface area contributed by atoms with Crippen LogP contribution in [0.1, 0.15) is 76.6 Å². The Hall–Kier alpha value is -3.39. The summed E-state index contributed by atoms with van der Waals surface area (Å²) in [4.78, 5) is 46.2. The third kappa shape index (κ3) is 6.48. The van der Waals surface area contributed by atoms with Crippen molar-refractivity contribution in [2.45, 2.75) is 96.5 Å². The van der Waals surface area contributed by atoms with Crippen molar-refractivity contribution in [1.29, 1.82) is 0 Å². The maximum absolute atomic E-state index is 14.5. The highest BCUT2D eigenvalue weighted by molar-refractivity contribution is 6.00. The lowest BCUT2D eigenvalue weighted by atomic mass is 9.87. The van der Waals surface area contributed by atoms with Gasteiger partial charge in [0.1, 0.15) is 18.1 Å². The normalized spacial score (nSPS) is 22.7. The van der Waals surface area contributed by atoms with Gasteiger partial charge in [-0.15, -0.1) is 0 Å². The fourth-order valence-corrected chi connectivity index (χ4v) is 6.74. The van der Waals surface area contributed by atoms with Crippen LogP contribution in [-0.4, -0.2) is 64.5 Å². The van der Waals surface area contributed by atoms with E-state index >= 15 is 0 Å². The van der Waals surface area contributed by atoms with E-state index in [0.717, 1.165) is 31.6 Å². The first kappa shape index (κ1) is 30.1. The van der Waals surface area contributed by atoms with E-state index in [2.05, 4.69) is 27.7 Å². The average molecular weight is 575 g/mol. The van der Waals surface area contributed by atoms with E-state index in [1.54, 1.807) is 4.90 Å². The van der Waals surface area contributed by atoms with Gasteiger partial charge in [0.05, 0.1) is 6.10 Å². The van der Waals surface area contributed by atoms with E-state index < -0.39 is 23.7 Å². The number of aliphatic hydroxyl groups excluding tert-OH is 1. The van der Waals surface area contributed by atoms with Crippen molar-refractivity contribution in [3.8, 4) is 0 Å². The highest BCUT2D eigenvalue weighted by atomic mass is 16.3. The molecule has 1 aliphatic carbocycles. The third-order valence-electron chi connectivity index (χ3n) is 8.77.